The second-order valence-corrected chi connectivity index (χ2v) is 4.99. The Labute approximate surface area is 101 Å². The number of nitrogen functional groups attached to an aromatic ring is 1. The Morgan fingerprint density at radius 1 is 1.47 bits per heavy atom. The van der Waals surface area contributed by atoms with E-state index in [0.29, 0.717) is 16.8 Å². The Kier molecular flexibility index (Phi) is 4.68. The van der Waals surface area contributed by atoms with E-state index in [9.17, 15) is 0 Å². The van der Waals surface area contributed by atoms with Gasteiger partial charge in [0, 0.05) is 11.6 Å². The molecule has 2 N–H and O–H groups in total. The maximum absolute atomic E-state index is 6.16. The second-order valence-electron chi connectivity index (χ2n) is 4.00. The Hall–Kier alpha value is -0.470. The highest BCUT2D eigenvalue weighted by Gasteiger charge is 2.11. The molecule has 1 unspecified atom stereocenters. The summed E-state index contributed by atoms with van der Waals surface area (Å²) in [7, 11) is 0. The molecule has 0 fully saturated rings. The first kappa shape index (κ1) is 12.6. The number of halogens is 2. The molecule has 0 saturated heterocycles. The third-order valence-corrected chi connectivity index (χ3v) is 3.31. The van der Waals surface area contributed by atoms with Gasteiger partial charge in [-0.05, 0) is 30.4 Å². The first-order valence-corrected chi connectivity index (χ1v) is 5.86. The molecule has 0 aliphatic rings. The van der Waals surface area contributed by atoms with E-state index < -0.39 is 0 Å². The van der Waals surface area contributed by atoms with Gasteiger partial charge in [-0.25, -0.2) is 4.98 Å². The highest BCUT2D eigenvalue weighted by Crippen LogP contribution is 2.21. The van der Waals surface area contributed by atoms with Crippen LogP contribution < -0.4 is 5.73 Å². The molecule has 0 bridgehead atoms. The summed E-state index contributed by atoms with van der Waals surface area (Å²) in [6.45, 7) is 4.22. The summed E-state index contributed by atoms with van der Waals surface area (Å²) in [5.74, 6) is 1.02. The maximum atomic E-state index is 6.16. The van der Waals surface area contributed by atoms with E-state index >= 15 is 0 Å². The smallest absolute Gasteiger partial charge is 0.126 e. The molecule has 0 amide bonds. The Morgan fingerprint density at radius 2 is 2.13 bits per heavy atom. The van der Waals surface area contributed by atoms with E-state index in [-0.39, 0.29) is 5.38 Å². The third-order valence-electron chi connectivity index (χ3n) is 2.38. The van der Waals surface area contributed by atoms with Crippen LogP contribution in [0.25, 0.3) is 0 Å². The fourth-order valence-corrected chi connectivity index (χ4v) is 1.61. The summed E-state index contributed by atoms with van der Waals surface area (Å²) < 4.78 is 0. The van der Waals surface area contributed by atoms with Gasteiger partial charge >= 0.3 is 0 Å². The van der Waals surface area contributed by atoms with Crippen LogP contribution >= 0.6 is 23.2 Å². The van der Waals surface area contributed by atoms with Gasteiger partial charge in [-0.2, -0.15) is 0 Å². The zero-order valence-electron chi connectivity index (χ0n) is 9.00. The molecule has 0 aromatic carbocycles. The Bertz CT molecular complexity index is 326. The van der Waals surface area contributed by atoms with Crippen molar-refractivity contribution in [3.8, 4) is 0 Å². The number of nitrogens with zero attached hydrogens (tertiary/aromatic N) is 1. The molecule has 0 radical (unpaired) electrons. The second kappa shape index (κ2) is 5.57. The van der Waals surface area contributed by atoms with Crippen LogP contribution in [0.15, 0.2) is 12.3 Å². The first-order chi connectivity index (χ1) is 7.00. The maximum Gasteiger partial charge on any atom is 0.126 e. The van der Waals surface area contributed by atoms with Gasteiger partial charge in [0.2, 0.25) is 0 Å². The quantitative estimate of drug-likeness (QED) is 0.827. The molecule has 2 nitrogen and oxygen atoms in total. The van der Waals surface area contributed by atoms with Gasteiger partial charge in [-0.15, -0.1) is 11.6 Å². The fourth-order valence-electron chi connectivity index (χ4n) is 1.32. The molecule has 1 heterocycles. The Morgan fingerprint density at radius 3 is 2.73 bits per heavy atom. The van der Waals surface area contributed by atoms with E-state index in [1.165, 1.54) is 0 Å². The minimum Gasteiger partial charge on any atom is -0.383 e. The number of anilines is 1. The molecule has 0 aliphatic carbocycles. The monoisotopic (exact) mass is 246 g/mol. The molecule has 0 spiro atoms. The molecule has 0 saturated carbocycles. The van der Waals surface area contributed by atoms with Gasteiger partial charge in [-0.1, -0.05) is 25.4 Å². The molecule has 15 heavy (non-hydrogen) atoms. The number of pyridine rings is 1. The van der Waals surface area contributed by atoms with Crippen molar-refractivity contribution in [1.29, 1.82) is 0 Å². The largest absolute Gasteiger partial charge is 0.383 e. The molecule has 1 aromatic rings. The summed E-state index contributed by atoms with van der Waals surface area (Å²) in [4.78, 5) is 4.00. The average molecular weight is 247 g/mol. The summed E-state index contributed by atoms with van der Waals surface area (Å²) in [6.07, 6.45) is 3.28. The summed E-state index contributed by atoms with van der Waals surface area (Å²) in [5.41, 5.74) is 6.72. The number of alkyl halides is 1. The molecule has 84 valence electrons. The lowest BCUT2D eigenvalue weighted by atomic mass is 10.0. The van der Waals surface area contributed by atoms with Crippen molar-refractivity contribution in [3.63, 3.8) is 0 Å². The topological polar surface area (TPSA) is 38.9 Å². The van der Waals surface area contributed by atoms with Gasteiger partial charge in [0.15, 0.2) is 0 Å². The van der Waals surface area contributed by atoms with Crippen LogP contribution in [0.3, 0.4) is 0 Å². The van der Waals surface area contributed by atoms with Crippen molar-refractivity contribution in [2.24, 2.45) is 5.92 Å². The zero-order chi connectivity index (χ0) is 11.4. The highest BCUT2D eigenvalue weighted by molar-refractivity contribution is 6.30. The average Bonchev–Trinajstić information content (AvgIpc) is 2.18. The molecule has 1 rings (SSSR count). The fraction of sp³-hybridized carbons (Fsp3) is 0.545. The molecule has 4 heteroatoms. The lowest BCUT2D eigenvalue weighted by Gasteiger charge is -2.13. The number of rotatable bonds is 4. The Balaban J connectivity index is 2.61. The SMILES string of the molecule is CC(C)C(Cl)CCc1cc(Cl)cnc1N. The number of hydrogen-bond donors (Lipinski definition) is 1. The zero-order valence-corrected chi connectivity index (χ0v) is 10.5. The summed E-state index contributed by atoms with van der Waals surface area (Å²) in [6, 6.07) is 1.85. The van der Waals surface area contributed by atoms with Crippen LogP contribution in [0, 0.1) is 5.92 Å². The number of nitrogens with two attached hydrogens (primary N) is 1. The van der Waals surface area contributed by atoms with Crippen molar-refractivity contribution >= 4 is 29.0 Å². The van der Waals surface area contributed by atoms with Crippen LogP contribution in [-0.4, -0.2) is 10.4 Å². The molecular weight excluding hydrogens is 231 g/mol. The van der Waals surface area contributed by atoms with E-state index in [1.54, 1.807) is 6.20 Å². The van der Waals surface area contributed by atoms with Gasteiger partial charge in [-0.3, -0.25) is 0 Å². The molecule has 1 aromatic heterocycles. The van der Waals surface area contributed by atoms with Crippen LogP contribution in [0.5, 0.6) is 0 Å². The van der Waals surface area contributed by atoms with Crippen molar-refractivity contribution in [3.05, 3.63) is 22.8 Å². The minimum atomic E-state index is 0.170. The van der Waals surface area contributed by atoms with Gasteiger partial charge in [0.1, 0.15) is 5.82 Å². The number of hydrogen-bond acceptors (Lipinski definition) is 2. The molecule has 0 aliphatic heterocycles. The summed E-state index contributed by atoms with van der Waals surface area (Å²) >= 11 is 12.0. The van der Waals surface area contributed by atoms with Gasteiger partial charge in [0.05, 0.1) is 5.02 Å². The van der Waals surface area contributed by atoms with E-state index in [0.717, 1.165) is 18.4 Å². The van der Waals surface area contributed by atoms with Crippen molar-refractivity contribution < 1.29 is 0 Å². The summed E-state index contributed by atoms with van der Waals surface area (Å²) in [5, 5.41) is 0.790. The van der Waals surface area contributed by atoms with Crippen molar-refractivity contribution in [2.45, 2.75) is 32.1 Å². The van der Waals surface area contributed by atoms with Crippen molar-refractivity contribution in [2.75, 3.05) is 5.73 Å². The van der Waals surface area contributed by atoms with Crippen LogP contribution in [0.4, 0.5) is 5.82 Å². The first-order valence-electron chi connectivity index (χ1n) is 5.04. The minimum absolute atomic E-state index is 0.170. The molecule has 1 atom stereocenters. The normalized spacial score (nSPS) is 13.1. The predicted octanol–water partition coefficient (Wildman–Crippen LogP) is 3.51. The van der Waals surface area contributed by atoms with Gasteiger partial charge in [0.25, 0.3) is 0 Å². The lowest BCUT2D eigenvalue weighted by molar-refractivity contribution is 0.565. The highest BCUT2D eigenvalue weighted by atomic mass is 35.5. The van der Waals surface area contributed by atoms with E-state index in [1.807, 2.05) is 6.07 Å². The molecular formula is C11H16Cl2N2. The van der Waals surface area contributed by atoms with E-state index in [4.69, 9.17) is 28.9 Å². The third kappa shape index (κ3) is 3.88. The van der Waals surface area contributed by atoms with Crippen LogP contribution in [-0.2, 0) is 6.42 Å². The van der Waals surface area contributed by atoms with E-state index in [2.05, 4.69) is 18.8 Å². The van der Waals surface area contributed by atoms with Gasteiger partial charge < -0.3 is 5.73 Å². The van der Waals surface area contributed by atoms with Crippen molar-refractivity contribution in [1.82, 2.24) is 4.98 Å². The lowest BCUT2D eigenvalue weighted by Crippen LogP contribution is -2.09. The number of aryl methyl sites for hydroxylation is 1. The number of aromatic nitrogens is 1. The standard InChI is InChI=1S/C11H16Cl2N2/c1-7(2)10(13)4-3-8-5-9(12)6-15-11(8)14/h5-7,10H,3-4H2,1-2H3,(H2,14,15). The predicted molar refractivity (Wildman–Crippen MR) is 66.5 cm³/mol. The van der Waals surface area contributed by atoms with Crippen LogP contribution in [0.2, 0.25) is 5.02 Å². The van der Waals surface area contributed by atoms with Crippen LogP contribution in [0.1, 0.15) is 25.8 Å².